The van der Waals surface area contributed by atoms with Crippen LogP contribution >= 0.6 is 11.8 Å². The van der Waals surface area contributed by atoms with Crippen molar-refractivity contribution in [3.63, 3.8) is 0 Å². The van der Waals surface area contributed by atoms with Crippen LogP contribution in [0, 0.1) is 0 Å². The lowest BCUT2D eigenvalue weighted by atomic mass is 10.1. The Hall–Kier alpha value is -1.43. The van der Waals surface area contributed by atoms with Gasteiger partial charge < -0.3 is 4.90 Å². The number of carbonyl (C=O) groups excluding carboxylic acids is 1. The lowest BCUT2D eigenvalue weighted by Crippen LogP contribution is -2.10. The molecule has 0 radical (unpaired) electrons. The quantitative estimate of drug-likeness (QED) is 0.623. The highest BCUT2D eigenvalue weighted by molar-refractivity contribution is 8.03. The summed E-state index contributed by atoms with van der Waals surface area (Å²) in [6, 6.07) is 4.45. The molecule has 1 rings (SSSR count). The molecule has 0 amide bonds. The van der Waals surface area contributed by atoms with E-state index in [9.17, 15) is 18.0 Å². The largest absolute Gasteiger partial charge is 0.416 e. The third-order valence-corrected chi connectivity index (χ3v) is 3.00. The van der Waals surface area contributed by atoms with Crippen molar-refractivity contribution >= 4 is 17.5 Å². The van der Waals surface area contributed by atoms with Crippen molar-refractivity contribution in [2.75, 3.05) is 20.4 Å². The highest BCUT2D eigenvalue weighted by Gasteiger charge is 2.31. The molecule has 1 aromatic rings. The first-order chi connectivity index (χ1) is 8.75. The Labute approximate surface area is 114 Å². The van der Waals surface area contributed by atoms with Crippen LogP contribution in [0.1, 0.15) is 15.9 Å². The number of hydrogen-bond donors (Lipinski definition) is 0. The van der Waals surface area contributed by atoms with Crippen molar-refractivity contribution in [2.45, 2.75) is 6.18 Å². The normalized spacial score (nSPS) is 12.4. The van der Waals surface area contributed by atoms with E-state index in [-0.39, 0.29) is 5.56 Å². The predicted octanol–water partition coefficient (Wildman–Crippen LogP) is 3.65. The molecule has 0 spiro atoms. The minimum atomic E-state index is -4.44. The molecule has 6 heteroatoms. The number of thioether (sulfide) groups is 1. The first kappa shape index (κ1) is 15.6. The number of rotatable bonds is 4. The van der Waals surface area contributed by atoms with E-state index in [1.165, 1.54) is 23.9 Å². The van der Waals surface area contributed by atoms with Crippen molar-refractivity contribution in [1.29, 1.82) is 0 Å². The van der Waals surface area contributed by atoms with Crippen LogP contribution in [-0.4, -0.2) is 31.0 Å². The number of benzene rings is 1. The molecule has 0 heterocycles. The number of alkyl halides is 3. The van der Waals surface area contributed by atoms with Gasteiger partial charge >= 0.3 is 6.18 Å². The average molecular weight is 289 g/mol. The summed E-state index contributed by atoms with van der Waals surface area (Å²) in [7, 11) is 3.49. The van der Waals surface area contributed by atoms with Crippen molar-refractivity contribution in [2.24, 2.45) is 0 Å². The lowest BCUT2D eigenvalue weighted by Gasteiger charge is -2.11. The molecular weight excluding hydrogens is 275 g/mol. The third kappa shape index (κ3) is 4.31. The van der Waals surface area contributed by atoms with Gasteiger partial charge in [-0.3, -0.25) is 4.79 Å². The summed E-state index contributed by atoms with van der Waals surface area (Å²) in [5.74, 6) is -0.410. The number of hydrogen-bond acceptors (Lipinski definition) is 3. The molecule has 19 heavy (non-hydrogen) atoms. The van der Waals surface area contributed by atoms with Gasteiger partial charge in [-0.25, -0.2) is 0 Å². The van der Waals surface area contributed by atoms with Gasteiger partial charge in [0, 0.05) is 25.9 Å². The summed E-state index contributed by atoms with van der Waals surface area (Å²) < 4.78 is 37.8. The molecule has 2 nitrogen and oxygen atoms in total. The van der Waals surface area contributed by atoms with Crippen LogP contribution < -0.4 is 0 Å². The molecule has 0 aromatic heterocycles. The molecule has 0 N–H and O–H groups in total. The Morgan fingerprint density at radius 3 is 2.42 bits per heavy atom. The first-order valence-corrected chi connectivity index (χ1v) is 6.62. The van der Waals surface area contributed by atoms with Crippen LogP contribution in [0.2, 0.25) is 0 Å². The summed E-state index contributed by atoms with van der Waals surface area (Å²) in [6.45, 7) is 0. The van der Waals surface area contributed by atoms with Crippen LogP contribution in [0.25, 0.3) is 0 Å². The average Bonchev–Trinajstić information content (AvgIpc) is 2.34. The number of ketones is 1. The van der Waals surface area contributed by atoms with Crippen molar-refractivity contribution < 1.29 is 18.0 Å². The summed E-state index contributed by atoms with van der Waals surface area (Å²) in [6.07, 6.45) is -1.14. The monoisotopic (exact) mass is 289 g/mol. The van der Waals surface area contributed by atoms with E-state index < -0.39 is 17.5 Å². The molecule has 0 fully saturated rings. The second-order valence-electron chi connectivity index (χ2n) is 4.07. The molecule has 1 aromatic carbocycles. The zero-order valence-corrected chi connectivity index (χ0v) is 11.6. The Morgan fingerprint density at radius 1 is 1.32 bits per heavy atom. The van der Waals surface area contributed by atoms with E-state index in [1.54, 1.807) is 31.5 Å². The van der Waals surface area contributed by atoms with Gasteiger partial charge in [0.25, 0.3) is 0 Å². The Balaban J connectivity index is 3.13. The number of nitrogens with zero attached hydrogens (tertiary/aromatic N) is 1. The predicted molar refractivity (Wildman–Crippen MR) is 71.1 cm³/mol. The topological polar surface area (TPSA) is 20.3 Å². The summed E-state index contributed by atoms with van der Waals surface area (Å²) in [5, 5.41) is 0. The molecule has 0 aliphatic heterocycles. The zero-order valence-electron chi connectivity index (χ0n) is 10.8. The van der Waals surface area contributed by atoms with Crippen LogP contribution in [0.5, 0.6) is 0 Å². The van der Waals surface area contributed by atoms with E-state index in [0.29, 0.717) is 4.91 Å². The summed E-state index contributed by atoms with van der Waals surface area (Å²) in [5.41, 5.74) is -0.777. The first-order valence-electron chi connectivity index (χ1n) is 5.40. The number of allylic oxidation sites excluding steroid dienone is 1. The molecule has 0 aliphatic rings. The number of halogens is 3. The van der Waals surface area contributed by atoms with E-state index in [2.05, 4.69) is 0 Å². The van der Waals surface area contributed by atoms with Crippen molar-refractivity contribution in [3.05, 3.63) is 46.5 Å². The molecule has 0 atom stereocenters. The molecule has 0 unspecified atom stereocenters. The standard InChI is InChI=1S/C13H14F3NOS/c1-17(2)8-11(19-3)12(18)9-5-4-6-10(7-9)13(14,15)16/h4-8H,1-3H3. The third-order valence-electron chi connectivity index (χ3n) is 2.27. The molecule has 0 saturated carbocycles. The fraction of sp³-hybridized carbons (Fsp3) is 0.308. The molecule has 104 valence electrons. The highest BCUT2D eigenvalue weighted by Crippen LogP contribution is 2.30. The zero-order chi connectivity index (χ0) is 14.6. The SMILES string of the molecule is CSC(=CN(C)C)C(=O)c1cccc(C(F)(F)F)c1. The minimum Gasteiger partial charge on any atom is -0.382 e. The van der Waals surface area contributed by atoms with Gasteiger partial charge in [-0.1, -0.05) is 12.1 Å². The van der Waals surface area contributed by atoms with Gasteiger partial charge in [0.05, 0.1) is 10.5 Å². The molecule has 0 aliphatic carbocycles. The van der Waals surface area contributed by atoms with Gasteiger partial charge in [0.15, 0.2) is 0 Å². The van der Waals surface area contributed by atoms with E-state index in [0.717, 1.165) is 12.1 Å². The van der Waals surface area contributed by atoms with E-state index in [4.69, 9.17) is 0 Å². The van der Waals surface area contributed by atoms with Crippen LogP contribution in [-0.2, 0) is 6.18 Å². The molecule has 0 bridgehead atoms. The van der Waals surface area contributed by atoms with Gasteiger partial charge in [0.1, 0.15) is 0 Å². The maximum atomic E-state index is 12.6. The molecule has 0 saturated heterocycles. The van der Waals surface area contributed by atoms with Gasteiger partial charge in [-0.2, -0.15) is 13.2 Å². The van der Waals surface area contributed by atoms with Crippen LogP contribution in [0.3, 0.4) is 0 Å². The maximum Gasteiger partial charge on any atom is 0.416 e. The van der Waals surface area contributed by atoms with E-state index in [1.807, 2.05) is 0 Å². The second kappa shape index (κ2) is 6.14. The van der Waals surface area contributed by atoms with Crippen LogP contribution in [0.4, 0.5) is 13.2 Å². The van der Waals surface area contributed by atoms with E-state index >= 15 is 0 Å². The lowest BCUT2D eigenvalue weighted by molar-refractivity contribution is -0.137. The number of Topliss-reactive ketones (excluding diaryl/α,β-unsaturated/α-hetero) is 1. The van der Waals surface area contributed by atoms with Gasteiger partial charge in [0.2, 0.25) is 5.78 Å². The fourth-order valence-electron chi connectivity index (χ4n) is 1.42. The smallest absolute Gasteiger partial charge is 0.382 e. The summed E-state index contributed by atoms with van der Waals surface area (Å²) >= 11 is 1.20. The van der Waals surface area contributed by atoms with Gasteiger partial charge in [-0.15, -0.1) is 11.8 Å². The summed E-state index contributed by atoms with van der Waals surface area (Å²) in [4.78, 5) is 14.2. The Morgan fingerprint density at radius 2 is 1.95 bits per heavy atom. The second-order valence-corrected chi connectivity index (χ2v) is 4.92. The maximum absolute atomic E-state index is 12.6. The highest BCUT2D eigenvalue weighted by atomic mass is 32.2. The molecular formula is C13H14F3NOS. The van der Waals surface area contributed by atoms with Crippen molar-refractivity contribution in [1.82, 2.24) is 4.90 Å². The van der Waals surface area contributed by atoms with Crippen molar-refractivity contribution in [3.8, 4) is 0 Å². The van der Waals surface area contributed by atoms with Crippen LogP contribution in [0.15, 0.2) is 35.4 Å². The fourth-order valence-corrected chi connectivity index (χ4v) is 2.04. The minimum absolute atomic E-state index is 0.0391. The Bertz CT molecular complexity index is 495. The number of carbonyl (C=O) groups is 1. The van der Waals surface area contributed by atoms with Gasteiger partial charge in [-0.05, 0) is 18.4 Å². The Kier molecular flexibility index (Phi) is 5.05.